The highest BCUT2D eigenvalue weighted by Crippen LogP contribution is 2.24. The molecule has 1 amide bonds. The van der Waals surface area contributed by atoms with Gasteiger partial charge in [-0.15, -0.1) is 0 Å². The molecule has 0 unspecified atom stereocenters. The van der Waals surface area contributed by atoms with Crippen LogP contribution in [0, 0.1) is 0 Å². The molecule has 0 fully saturated rings. The maximum Gasteiger partial charge on any atom is 0.260 e. The number of carbonyl (C=O) groups excluding carboxylic acids is 1. The monoisotopic (exact) mass is 282 g/mol. The Hall–Kier alpha value is -2.49. The summed E-state index contributed by atoms with van der Waals surface area (Å²) in [4.78, 5) is 14.1. The van der Waals surface area contributed by atoms with Gasteiger partial charge < -0.3 is 15.4 Å². The molecule has 0 bridgehead atoms. The van der Waals surface area contributed by atoms with E-state index in [0.717, 1.165) is 17.7 Å². The number of nitrogens with two attached hydrogens (primary N) is 1. The van der Waals surface area contributed by atoms with Crippen molar-refractivity contribution in [2.75, 3.05) is 18.9 Å². The van der Waals surface area contributed by atoms with Crippen molar-refractivity contribution in [1.82, 2.24) is 4.90 Å². The number of nitrogens with zero attached hydrogens (tertiary/aromatic N) is 1. The number of hydrogen-bond acceptors (Lipinski definition) is 3. The van der Waals surface area contributed by atoms with E-state index in [1.807, 2.05) is 47.4 Å². The fourth-order valence-corrected chi connectivity index (χ4v) is 2.57. The molecule has 21 heavy (non-hydrogen) atoms. The van der Waals surface area contributed by atoms with E-state index in [1.54, 1.807) is 0 Å². The van der Waals surface area contributed by atoms with Crippen molar-refractivity contribution in [3.63, 3.8) is 0 Å². The zero-order chi connectivity index (χ0) is 14.7. The summed E-state index contributed by atoms with van der Waals surface area (Å²) in [5, 5.41) is 0. The normalized spacial score (nSPS) is 13.6. The molecule has 2 aromatic carbocycles. The predicted molar refractivity (Wildman–Crippen MR) is 81.9 cm³/mol. The highest BCUT2D eigenvalue weighted by atomic mass is 16.5. The molecule has 0 spiro atoms. The maximum atomic E-state index is 12.3. The quantitative estimate of drug-likeness (QED) is 0.878. The minimum atomic E-state index is -0.00671. The number of amides is 1. The molecule has 1 aliphatic rings. The molecular weight excluding hydrogens is 264 g/mol. The summed E-state index contributed by atoms with van der Waals surface area (Å²) in [5.41, 5.74) is 9.06. The second kappa shape index (κ2) is 5.87. The second-order valence-corrected chi connectivity index (χ2v) is 5.15. The summed E-state index contributed by atoms with van der Waals surface area (Å²) < 4.78 is 5.52. The van der Waals surface area contributed by atoms with Crippen molar-refractivity contribution in [3.05, 3.63) is 59.7 Å². The van der Waals surface area contributed by atoms with Gasteiger partial charge in [-0.25, -0.2) is 0 Å². The fourth-order valence-electron chi connectivity index (χ4n) is 2.57. The van der Waals surface area contributed by atoms with Crippen molar-refractivity contribution in [2.24, 2.45) is 0 Å². The first-order valence-electron chi connectivity index (χ1n) is 7.06. The van der Waals surface area contributed by atoms with E-state index in [1.165, 1.54) is 5.56 Å². The lowest BCUT2D eigenvalue weighted by Gasteiger charge is -2.29. The van der Waals surface area contributed by atoms with Gasteiger partial charge in [0.2, 0.25) is 0 Å². The van der Waals surface area contributed by atoms with Gasteiger partial charge in [-0.3, -0.25) is 4.79 Å². The van der Waals surface area contributed by atoms with Crippen LogP contribution in [-0.2, 0) is 17.8 Å². The topological polar surface area (TPSA) is 55.6 Å². The number of para-hydroxylation sites is 1. The molecule has 4 nitrogen and oxygen atoms in total. The van der Waals surface area contributed by atoms with Gasteiger partial charge in [0, 0.05) is 18.8 Å². The number of hydrogen-bond donors (Lipinski definition) is 1. The molecule has 0 aliphatic carbocycles. The molecule has 1 heterocycles. The average Bonchev–Trinajstić information content (AvgIpc) is 2.54. The third-order valence-electron chi connectivity index (χ3n) is 3.77. The predicted octanol–water partition coefficient (Wildman–Crippen LogP) is 2.23. The number of carbonyl (C=O) groups is 1. The Morgan fingerprint density at radius 3 is 2.76 bits per heavy atom. The van der Waals surface area contributed by atoms with Gasteiger partial charge in [0.1, 0.15) is 5.75 Å². The minimum absolute atomic E-state index is 0.00671. The van der Waals surface area contributed by atoms with Gasteiger partial charge in [0.05, 0.1) is 0 Å². The second-order valence-electron chi connectivity index (χ2n) is 5.15. The zero-order valence-electron chi connectivity index (χ0n) is 11.8. The van der Waals surface area contributed by atoms with Crippen molar-refractivity contribution >= 4 is 11.6 Å². The third kappa shape index (κ3) is 2.99. The van der Waals surface area contributed by atoms with Crippen LogP contribution in [0.5, 0.6) is 5.75 Å². The molecule has 0 aromatic heterocycles. The summed E-state index contributed by atoms with van der Waals surface area (Å²) in [6.45, 7) is 1.35. The number of nitrogen functional groups attached to an aromatic ring is 1. The lowest BCUT2D eigenvalue weighted by molar-refractivity contribution is -0.134. The molecule has 0 atom stereocenters. The van der Waals surface area contributed by atoms with E-state index in [9.17, 15) is 4.79 Å². The largest absolute Gasteiger partial charge is 0.484 e. The van der Waals surface area contributed by atoms with Crippen LogP contribution in [0.4, 0.5) is 5.69 Å². The van der Waals surface area contributed by atoms with Crippen molar-refractivity contribution in [3.8, 4) is 5.75 Å². The SMILES string of the molecule is Nc1cccc2c1CN(C(=O)COc1ccccc1)CC2. The molecular formula is C17H18N2O2. The summed E-state index contributed by atoms with van der Waals surface area (Å²) in [6, 6.07) is 15.3. The van der Waals surface area contributed by atoms with Crippen LogP contribution >= 0.6 is 0 Å². The fraction of sp³-hybridized carbons (Fsp3) is 0.235. The smallest absolute Gasteiger partial charge is 0.260 e. The van der Waals surface area contributed by atoms with Gasteiger partial charge in [-0.2, -0.15) is 0 Å². The van der Waals surface area contributed by atoms with Crippen LogP contribution in [-0.4, -0.2) is 24.0 Å². The van der Waals surface area contributed by atoms with E-state index in [2.05, 4.69) is 6.07 Å². The van der Waals surface area contributed by atoms with Crippen LogP contribution in [0.2, 0.25) is 0 Å². The molecule has 0 saturated heterocycles. The van der Waals surface area contributed by atoms with E-state index >= 15 is 0 Å². The number of benzene rings is 2. The Morgan fingerprint density at radius 1 is 1.14 bits per heavy atom. The van der Waals surface area contributed by atoms with E-state index in [4.69, 9.17) is 10.5 Å². The first kappa shape index (κ1) is 13.5. The highest BCUT2D eigenvalue weighted by Gasteiger charge is 2.22. The summed E-state index contributed by atoms with van der Waals surface area (Å²) >= 11 is 0. The van der Waals surface area contributed by atoms with Crippen LogP contribution in [0.3, 0.4) is 0 Å². The first-order chi connectivity index (χ1) is 10.2. The van der Waals surface area contributed by atoms with Gasteiger partial charge >= 0.3 is 0 Å². The van der Waals surface area contributed by atoms with Crippen molar-refractivity contribution in [1.29, 1.82) is 0 Å². The van der Waals surface area contributed by atoms with Crippen LogP contribution in [0.1, 0.15) is 11.1 Å². The Balaban J connectivity index is 1.63. The van der Waals surface area contributed by atoms with E-state index in [0.29, 0.717) is 18.8 Å². The van der Waals surface area contributed by atoms with Gasteiger partial charge in [-0.1, -0.05) is 30.3 Å². The number of anilines is 1. The Kier molecular flexibility index (Phi) is 3.77. The Bertz CT molecular complexity index is 640. The Morgan fingerprint density at radius 2 is 1.95 bits per heavy atom. The lowest BCUT2D eigenvalue weighted by Crippen LogP contribution is -2.39. The standard InChI is InChI=1S/C17H18N2O2/c18-16-8-4-5-13-9-10-19(11-15(13)16)17(20)12-21-14-6-2-1-3-7-14/h1-8H,9-12,18H2. The molecule has 1 aliphatic heterocycles. The molecule has 2 aromatic rings. The maximum absolute atomic E-state index is 12.3. The number of fused-ring (bicyclic) bond motifs is 1. The van der Waals surface area contributed by atoms with Gasteiger partial charge in [0.25, 0.3) is 5.91 Å². The number of rotatable bonds is 3. The third-order valence-corrected chi connectivity index (χ3v) is 3.77. The summed E-state index contributed by atoms with van der Waals surface area (Å²) in [7, 11) is 0. The molecule has 108 valence electrons. The summed E-state index contributed by atoms with van der Waals surface area (Å²) in [6.07, 6.45) is 0.845. The molecule has 0 radical (unpaired) electrons. The van der Waals surface area contributed by atoms with Crippen LogP contribution < -0.4 is 10.5 Å². The van der Waals surface area contributed by atoms with E-state index in [-0.39, 0.29) is 12.5 Å². The lowest BCUT2D eigenvalue weighted by atomic mass is 9.98. The minimum Gasteiger partial charge on any atom is -0.484 e. The molecule has 4 heteroatoms. The van der Waals surface area contributed by atoms with Crippen molar-refractivity contribution < 1.29 is 9.53 Å². The first-order valence-corrected chi connectivity index (χ1v) is 7.06. The average molecular weight is 282 g/mol. The highest BCUT2D eigenvalue weighted by molar-refractivity contribution is 5.78. The molecule has 2 N–H and O–H groups in total. The van der Waals surface area contributed by atoms with Crippen molar-refractivity contribution in [2.45, 2.75) is 13.0 Å². The number of ether oxygens (including phenoxy) is 1. The van der Waals surface area contributed by atoms with E-state index < -0.39 is 0 Å². The molecule has 0 saturated carbocycles. The summed E-state index contributed by atoms with van der Waals surface area (Å²) in [5.74, 6) is 0.704. The molecule has 3 rings (SSSR count). The Labute approximate surface area is 124 Å². The van der Waals surface area contributed by atoms with Gasteiger partial charge in [-0.05, 0) is 35.7 Å². The van der Waals surface area contributed by atoms with Crippen LogP contribution in [0.25, 0.3) is 0 Å². The zero-order valence-corrected chi connectivity index (χ0v) is 11.8. The van der Waals surface area contributed by atoms with Crippen LogP contribution in [0.15, 0.2) is 48.5 Å². The van der Waals surface area contributed by atoms with Gasteiger partial charge in [0.15, 0.2) is 6.61 Å².